The molecule has 32 heavy (non-hydrogen) atoms. The van der Waals surface area contributed by atoms with Crippen molar-refractivity contribution >= 4 is 34.7 Å². The highest BCUT2D eigenvalue weighted by molar-refractivity contribution is 6.38. The molecule has 0 aliphatic rings. The Labute approximate surface area is 187 Å². The molecule has 1 amide bonds. The first-order chi connectivity index (χ1) is 15.0. The van der Waals surface area contributed by atoms with E-state index in [1.54, 1.807) is 4.68 Å². The average Bonchev–Trinajstić information content (AvgIpc) is 3.02. The second kappa shape index (κ2) is 8.99. The molecule has 168 valence electrons. The van der Waals surface area contributed by atoms with Crippen molar-refractivity contribution in [2.24, 2.45) is 7.05 Å². The summed E-state index contributed by atoms with van der Waals surface area (Å²) in [7, 11) is 1.81. The Bertz CT molecular complexity index is 1170. The van der Waals surface area contributed by atoms with Gasteiger partial charge in [-0.05, 0) is 44.2 Å². The third-order valence-electron chi connectivity index (χ3n) is 4.64. The van der Waals surface area contributed by atoms with E-state index in [0.29, 0.717) is 12.4 Å². The van der Waals surface area contributed by atoms with E-state index in [4.69, 9.17) is 17.0 Å². The first kappa shape index (κ1) is 23.3. The van der Waals surface area contributed by atoms with Gasteiger partial charge in [-0.3, -0.25) is 9.48 Å². The van der Waals surface area contributed by atoms with Crippen LogP contribution in [0, 0.1) is 12.3 Å². The number of hydrogen-bond acceptors (Lipinski definition) is 5. The number of nitrogens with one attached hydrogen (secondary N) is 3. The van der Waals surface area contributed by atoms with E-state index in [1.165, 1.54) is 13.1 Å². The number of aryl methyl sites for hydroxylation is 2. The van der Waals surface area contributed by atoms with Crippen molar-refractivity contribution in [2.45, 2.75) is 26.6 Å². The van der Waals surface area contributed by atoms with E-state index in [1.807, 2.05) is 20.0 Å². The molecule has 3 N–H and O–H groups in total. The molecule has 0 unspecified atom stereocenters. The summed E-state index contributed by atoms with van der Waals surface area (Å²) in [5, 5.41) is 18.0. The molecule has 1 aromatic carbocycles. The molecule has 0 saturated heterocycles. The topological polar surface area (TPSA) is 95.7 Å². The number of alkyl halides is 3. The van der Waals surface area contributed by atoms with Crippen LogP contribution in [0.2, 0.25) is 5.02 Å². The summed E-state index contributed by atoms with van der Waals surface area (Å²) >= 11 is 6.42. The van der Waals surface area contributed by atoms with Gasteiger partial charge in [0, 0.05) is 24.6 Å². The first-order valence-corrected chi connectivity index (χ1v) is 9.81. The van der Waals surface area contributed by atoms with Crippen LogP contribution in [0.5, 0.6) is 0 Å². The number of carbonyl (C=O) groups excluding carboxylic acids is 1. The highest BCUT2D eigenvalue weighted by Gasteiger charge is 2.30. The predicted octanol–water partition coefficient (Wildman–Crippen LogP) is 5.05. The van der Waals surface area contributed by atoms with Crippen LogP contribution < -0.4 is 10.6 Å². The molecule has 0 bridgehead atoms. The number of aromatic nitrogens is 3. The number of carbonyl (C=O) groups is 1. The minimum Gasteiger partial charge on any atom is -0.364 e. The highest BCUT2D eigenvalue weighted by atomic mass is 35.5. The molecule has 3 aromatic rings. The summed E-state index contributed by atoms with van der Waals surface area (Å²) < 4.78 is 39.8. The van der Waals surface area contributed by atoms with Crippen LogP contribution in [-0.2, 0) is 19.8 Å². The largest absolute Gasteiger partial charge is 0.416 e. The molecule has 11 heteroatoms. The van der Waals surface area contributed by atoms with Crippen LogP contribution >= 0.6 is 11.6 Å². The molecular weight excluding hydrogens is 445 g/mol. The van der Waals surface area contributed by atoms with Gasteiger partial charge in [0.05, 0.1) is 39.6 Å². The Balaban J connectivity index is 1.82. The first-order valence-electron chi connectivity index (χ1n) is 9.43. The van der Waals surface area contributed by atoms with Crippen molar-refractivity contribution in [3.63, 3.8) is 0 Å². The minimum atomic E-state index is -4.47. The second-order valence-electron chi connectivity index (χ2n) is 7.12. The summed E-state index contributed by atoms with van der Waals surface area (Å²) in [6.07, 6.45) is -3.21. The Hall–Kier alpha value is -3.40. The van der Waals surface area contributed by atoms with Gasteiger partial charge in [0.2, 0.25) is 0 Å². The minimum absolute atomic E-state index is 0.00454. The van der Waals surface area contributed by atoms with Crippen LogP contribution in [0.4, 0.5) is 24.7 Å². The van der Waals surface area contributed by atoms with Gasteiger partial charge in [-0.2, -0.15) is 18.3 Å². The molecule has 0 atom stereocenters. The maximum atomic E-state index is 12.7. The summed E-state index contributed by atoms with van der Waals surface area (Å²) in [6, 6.07) is 5.94. The third kappa shape index (κ3) is 5.08. The Morgan fingerprint density at radius 1 is 1.25 bits per heavy atom. The quantitative estimate of drug-likeness (QED) is 0.445. The molecule has 0 spiro atoms. The Kier molecular flexibility index (Phi) is 6.54. The van der Waals surface area contributed by atoms with Crippen molar-refractivity contribution < 1.29 is 18.0 Å². The van der Waals surface area contributed by atoms with Gasteiger partial charge in [0.1, 0.15) is 5.82 Å². The lowest BCUT2D eigenvalue weighted by Gasteiger charge is -2.15. The van der Waals surface area contributed by atoms with Gasteiger partial charge in [-0.15, -0.1) is 0 Å². The number of hydrogen-bond donors (Lipinski definition) is 3. The Morgan fingerprint density at radius 3 is 2.44 bits per heavy atom. The van der Waals surface area contributed by atoms with Crippen molar-refractivity contribution in [1.82, 2.24) is 14.8 Å². The lowest BCUT2D eigenvalue weighted by molar-refractivity contribution is -0.137. The van der Waals surface area contributed by atoms with E-state index in [2.05, 4.69) is 20.7 Å². The standard InChI is InChI=1S/C21H20ClF3N6O/c1-11-8-15(31(3)30-11)9-27-19-17(12(2)26)18(22)16(10-28-19)20(32)29-14-6-4-13(5-7-14)21(23,24)25/h4-8,10,26H,9H2,1-3H3,(H,27,28)(H,29,32). The van der Waals surface area contributed by atoms with Gasteiger partial charge in [0.25, 0.3) is 5.91 Å². The number of pyridine rings is 1. The second-order valence-corrected chi connectivity index (χ2v) is 7.50. The van der Waals surface area contributed by atoms with Crippen LogP contribution in [0.1, 0.15) is 39.8 Å². The third-order valence-corrected chi connectivity index (χ3v) is 5.03. The monoisotopic (exact) mass is 464 g/mol. The molecule has 2 aromatic heterocycles. The predicted molar refractivity (Wildman–Crippen MR) is 116 cm³/mol. The van der Waals surface area contributed by atoms with E-state index < -0.39 is 17.6 Å². The van der Waals surface area contributed by atoms with Crippen molar-refractivity contribution in [1.29, 1.82) is 5.41 Å². The van der Waals surface area contributed by atoms with Gasteiger partial charge in [-0.1, -0.05) is 11.6 Å². The summed E-state index contributed by atoms with van der Waals surface area (Å²) in [6.45, 7) is 3.76. The maximum absolute atomic E-state index is 12.7. The molecule has 0 aliphatic heterocycles. The van der Waals surface area contributed by atoms with E-state index in [9.17, 15) is 18.0 Å². The number of anilines is 2. The van der Waals surface area contributed by atoms with Crippen LogP contribution in [0.25, 0.3) is 0 Å². The zero-order valence-corrected chi connectivity index (χ0v) is 18.2. The smallest absolute Gasteiger partial charge is 0.364 e. The van der Waals surface area contributed by atoms with Gasteiger partial charge < -0.3 is 16.0 Å². The number of amides is 1. The number of nitrogens with zero attached hydrogens (tertiary/aromatic N) is 3. The molecule has 0 aliphatic carbocycles. The summed E-state index contributed by atoms with van der Waals surface area (Å²) in [5.74, 6) is -0.328. The molecule has 0 fully saturated rings. The maximum Gasteiger partial charge on any atom is 0.416 e. The molecule has 0 radical (unpaired) electrons. The zero-order chi connectivity index (χ0) is 23.6. The van der Waals surface area contributed by atoms with Gasteiger partial charge >= 0.3 is 6.18 Å². The fourth-order valence-corrected chi connectivity index (χ4v) is 3.43. The van der Waals surface area contributed by atoms with Crippen molar-refractivity contribution in [3.05, 3.63) is 69.6 Å². The number of benzene rings is 1. The Morgan fingerprint density at radius 2 is 1.91 bits per heavy atom. The lowest BCUT2D eigenvalue weighted by Crippen LogP contribution is -2.17. The van der Waals surface area contributed by atoms with Crippen molar-refractivity contribution in [3.8, 4) is 0 Å². The van der Waals surface area contributed by atoms with Crippen LogP contribution in [-0.4, -0.2) is 26.4 Å². The molecular formula is C21H20ClF3N6O. The number of rotatable bonds is 6. The van der Waals surface area contributed by atoms with Crippen LogP contribution in [0.15, 0.2) is 36.5 Å². The van der Waals surface area contributed by atoms with E-state index in [-0.39, 0.29) is 27.5 Å². The summed E-state index contributed by atoms with van der Waals surface area (Å²) in [4.78, 5) is 16.9. The fraction of sp³-hybridized carbons (Fsp3) is 0.238. The molecule has 0 saturated carbocycles. The normalized spacial score (nSPS) is 11.3. The average molecular weight is 465 g/mol. The molecule has 2 heterocycles. The van der Waals surface area contributed by atoms with Crippen molar-refractivity contribution in [2.75, 3.05) is 10.6 Å². The zero-order valence-electron chi connectivity index (χ0n) is 17.4. The van der Waals surface area contributed by atoms with E-state index in [0.717, 1.165) is 35.7 Å². The molecule has 7 nitrogen and oxygen atoms in total. The van der Waals surface area contributed by atoms with Gasteiger partial charge in [0.15, 0.2) is 0 Å². The van der Waals surface area contributed by atoms with Crippen LogP contribution in [0.3, 0.4) is 0 Å². The lowest BCUT2D eigenvalue weighted by atomic mass is 10.1. The number of halogens is 4. The fourth-order valence-electron chi connectivity index (χ4n) is 3.07. The summed E-state index contributed by atoms with van der Waals surface area (Å²) in [5.41, 5.74) is 1.43. The highest BCUT2D eigenvalue weighted by Crippen LogP contribution is 2.31. The molecule has 3 rings (SSSR count). The SMILES string of the molecule is CC(=N)c1c(NCc2cc(C)nn2C)ncc(C(=O)Nc2ccc(C(F)(F)F)cc2)c1Cl. The van der Waals surface area contributed by atoms with E-state index >= 15 is 0 Å². The van der Waals surface area contributed by atoms with Gasteiger partial charge in [-0.25, -0.2) is 4.98 Å².